The van der Waals surface area contributed by atoms with Gasteiger partial charge in [-0.25, -0.2) is 0 Å². The summed E-state index contributed by atoms with van der Waals surface area (Å²) < 4.78 is 6.02. The molecular weight excluding hydrogens is 266 g/mol. The number of hydrogen-bond acceptors (Lipinski definition) is 3. The van der Waals surface area contributed by atoms with Gasteiger partial charge >= 0.3 is 5.97 Å². The molecule has 114 valence electrons. The molecule has 2 aliphatic rings. The molecule has 0 aromatic heterocycles. The number of hydrogen-bond donors (Lipinski definition) is 2. The Labute approximate surface area is 125 Å². The van der Waals surface area contributed by atoms with E-state index in [1.54, 1.807) is 0 Å². The van der Waals surface area contributed by atoms with E-state index in [0.29, 0.717) is 0 Å². The number of aliphatic carboxylic acids is 1. The van der Waals surface area contributed by atoms with Crippen LogP contribution < -0.4 is 5.32 Å². The van der Waals surface area contributed by atoms with Crippen LogP contribution in [0.4, 0.5) is 0 Å². The fourth-order valence-corrected chi connectivity index (χ4v) is 3.73. The van der Waals surface area contributed by atoms with Crippen molar-refractivity contribution in [3.05, 3.63) is 35.9 Å². The van der Waals surface area contributed by atoms with Crippen molar-refractivity contribution in [2.75, 3.05) is 6.61 Å². The number of carboxylic acids is 1. The summed E-state index contributed by atoms with van der Waals surface area (Å²) in [4.78, 5) is 11.6. The molecule has 2 atom stereocenters. The van der Waals surface area contributed by atoms with Gasteiger partial charge in [0.25, 0.3) is 0 Å². The number of nitrogens with one attached hydrogen (secondary N) is 1. The van der Waals surface area contributed by atoms with Crippen LogP contribution in [0.15, 0.2) is 30.3 Å². The quantitative estimate of drug-likeness (QED) is 0.895. The summed E-state index contributed by atoms with van der Waals surface area (Å²) in [6.07, 6.45) is 6.52. The van der Waals surface area contributed by atoms with Crippen LogP contribution in [0.1, 0.15) is 50.1 Å². The Hall–Kier alpha value is -1.39. The topological polar surface area (TPSA) is 58.6 Å². The minimum Gasteiger partial charge on any atom is -0.480 e. The van der Waals surface area contributed by atoms with Crippen molar-refractivity contribution >= 4 is 5.97 Å². The molecule has 1 aliphatic heterocycles. The minimum atomic E-state index is -0.812. The highest BCUT2D eigenvalue weighted by atomic mass is 16.5. The molecule has 1 spiro atoms. The lowest BCUT2D eigenvalue weighted by molar-refractivity contribution is -0.141. The molecule has 0 amide bonds. The van der Waals surface area contributed by atoms with Crippen LogP contribution in [-0.2, 0) is 9.53 Å². The van der Waals surface area contributed by atoms with E-state index in [1.165, 1.54) is 12.8 Å². The molecule has 2 unspecified atom stereocenters. The van der Waals surface area contributed by atoms with E-state index >= 15 is 0 Å². The number of carboxylic acid groups (broad SMARTS) is 1. The van der Waals surface area contributed by atoms with Gasteiger partial charge in [-0.1, -0.05) is 43.2 Å². The molecule has 1 aliphatic carbocycles. The lowest BCUT2D eigenvalue weighted by atomic mass is 9.88. The molecule has 1 aromatic carbocycles. The Morgan fingerprint density at radius 3 is 2.67 bits per heavy atom. The van der Waals surface area contributed by atoms with Crippen molar-refractivity contribution in [1.29, 1.82) is 0 Å². The smallest absolute Gasteiger partial charge is 0.325 e. The van der Waals surface area contributed by atoms with Gasteiger partial charge in [-0.15, -0.1) is 0 Å². The average Bonchev–Trinajstić information content (AvgIpc) is 2.93. The minimum absolute atomic E-state index is 0.00958. The molecular formula is C17H23NO3. The van der Waals surface area contributed by atoms with Crippen LogP contribution in [-0.4, -0.2) is 29.3 Å². The Balaban J connectivity index is 1.70. The van der Waals surface area contributed by atoms with Crippen molar-refractivity contribution in [1.82, 2.24) is 5.32 Å². The van der Waals surface area contributed by atoms with E-state index in [9.17, 15) is 9.90 Å². The van der Waals surface area contributed by atoms with Crippen LogP contribution >= 0.6 is 0 Å². The molecule has 0 bridgehead atoms. The molecule has 1 heterocycles. The van der Waals surface area contributed by atoms with E-state index < -0.39 is 12.0 Å². The predicted octanol–water partition coefficient (Wildman–Crippen LogP) is 2.89. The maximum atomic E-state index is 11.6. The van der Waals surface area contributed by atoms with Gasteiger partial charge in [0, 0.05) is 12.6 Å². The van der Waals surface area contributed by atoms with Gasteiger partial charge in [0.05, 0.1) is 5.60 Å². The molecule has 4 nitrogen and oxygen atoms in total. The lowest BCUT2D eigenvalue weighted by Crippen LogP contribution is -2.47. The van der Waals surface area contributed by atoms with E-state index in [2.05, 4.69) is 5.32 Å². The molecule has 21 heavy (non-hydrogen) atoms. The lowest BCUT2D eigenvalue weighted by Gasteiger charge is -2.39. The van der Waals surface area contributed by atoms with Crippen molar-refractivity contribution in [3.8, 4) is 0 Å². The largest absolute Gasteiger partial charge is 0.480 e. The molecule has 4 heteroatoms. The molecule has 3 rings (SSSR count). The van der Waals surface area contributed by atoms with Crippen molar-refractivity contribution in [2.24, 2.45) is 0 Å². The van der Waals surface area contributed by atoms with E-state index in [4.69, 9.17) is 4.74 Å². The third-order valence-electron chi connectivity index (χ3n) is 4.79. The molecule has 2 N–H and O–H groups in total. The fraction of sp³-hybridized carbons (Fsp3) is 0.588. The van der Waals surface area contributed by atoms with Crippen LogP contribution in [0, 0.1) is 0 Å². The summed E-state index contributed by atoms with van der Waals surface area (Å²) in [5.74, 6) is -0.812. The van der Waals surface area contributed by atoms with E-state index in [-0.39, 0.29) is 11.6 Å². The first-order valence-corrected chi connectivity index (χ1v) is 7.86. The number of benzene rings is 1. The summed E-state index contributed by atoms with van der Waals surface area (Å²) in [6, 6.07) is 9.01. The number of carbonyl (C=O) groups is 1. The van der Waals surface area contributed by atoms with Gasteiger partial charge in [-0.3, -0.25) is 10.1 Å². The first-order valence-electron chi connectivity index (χ1n) is 7.86. The molecule has 1 saturated carbocycles. The maximum Gasteiger partial charge on any atom is 0.325 e. The van der Waals surface area contributed by atoms with Crippen molar-refractivity contribution in [3.63, 3.8) is 0 Å². The van der Waals surface area contributed by atoms with Gasteiger partial charge in [0.15, 0.2) is 0 Å². The first kappa shape index (κ1) is 14.5. The molecule has 0 radical (unpaired) electrons. The van der Waals surface area contributed by atoms with E-state index in [1.807, 2.05) is 30.3 Å². The molecule has 1 saturated heterocycles. The zero-order valence-corrected chi connectivity index (χ0v) is 12.3. The predicted molar refractivity (Wildman–Crippen MR) is 80.1 cm³/mol. The second-order valence-electron chi connectivity index (χ2n) is 6.28. The highest BCUT2D eigenvalue weighted by Crippen LogP contribution is 2.40. The van der Waals surface area contributed by atoms with Crippen LogP contribution in [0.25, 0.3) is 0 Å². The average molecular weight is 289 g/mol. The van der Waals surface area contributed by atoms with Gasteiger partial charge in [0.2, 0.25) is 0 Å². The Kier molecular flexibility index (Phi) is 4.27. The van der Waals surface area contributed by atoms with Crippen LogP contribution in [0.3, 0.4) is 0 Å². The normalized spacial score (nSPS) is 25.8. The zero-order valence-electron chi connectivity index (χ0n) is 12.3. The third-order valence-corrected chi connectivity index (χ3v) is 4.79. The number of ether oxygens (including phenoxy) is 1. The van der Waals surface area contributed by atoms with Crippen LogP contribution in [0.2, 0.25) is 0 Å². The van der Waals surface area contributed by atoms with Crippen molar-refractivity contribution in [2.45, 2.75) is 56.2 Å². The van der Waals surface area contributed by atoms with Crippen molar-refractivity contribution < 1.29 is 14.6 Å². The van der Waals surface area contributed by atoms with Gasteiger partial charge in [-0.05, 0) is 31.2 Å². The summed E-state index contributed by atoms with van der Waals surface area (Å²) in [6.45, 7) is 0.735. The zero-order chi connectivity index (χ0) is 14.7. The van der Waals surface area contributed by atoms with E-state index in [0.717, 1.165) is 37.9 Å². The second-order valence-corrected chi connectivity index (χ2v) is 6.28. The number of rotatable bonds is 4. The molecule has 1 aromatic rings. The van der Waals surface area contributed by atoms with Crippen LogP contribution in [0.5, 0.6) is 0 Å². The van der Waals surface area contributed by atoms with Gasteiger partial charge in [-0.2, -0.15) is 0 Å². The Bertz CT molecular complexity index is 482. The first-order chi connectivity index (χ1) is 10.2. The monoisotopic (exact) mass is 289 g/mol. The second kappa shape index (κ2) is 6.16. The highest BCUT2D eigenvalue weighted by Gasteiger charge is 2.40. The summed E-state index contributed by atoms with van der Waals surface area (Å²) in [5.41, 5.74) is 0.826. The standard InChI is InChI=1S/C17H23NO3/c19-16(20)15(13-6-2-1-3-7-13)18-14-8-11-21-17(12-14)9-4-5-10-17/h1-3,6-7,14-15,18H,4-5,8-12H2,(H,19,20). The maximum absolute atomic E-state index is 11.6. The van der Waals surface area contributed by atoms with Gasteiger partial charge in [0.1, 0.15) is 6.04 Å². The van der Waals surface area contributed by atoms with Gasteiger partial charge < -0.3 is 9.84 Å². The SMILES string of the molecule is O=C(O)C(NC1CCOC2(CCCC2)C1)c1ccccc1. The molecule has 2 fully saturated rings. The fourth-order valence-electron chi connectivity index (χ4n) is 3.73. The summed E-state index contributed by atoms with van der Waals surface area (Å²) in [7, 11) is 0. The third kappa shape index (κ3) is 3.27. The highest BCUT2D eigenvalue weighted by molar-refractivity contribution is 5.75. The summed E-state index contributed by atoms with van der Waals surface area (Å²) in [5, 5.41) is 12.9. The Morgan fingerprint density at radius 1 is 1.29 bits per heavy atom. The Morgan fingerprint density at radius 2 is 2.00 bits per heavy atom. The summed E-state index contributed by atoms with van der Waals surface area (Å²) >= 11 is 0.